The molecule has 0 unspecified atom stereocenters. The molecule has 4 nitrogen and oxygen atoms in total. The Bertz CT molecular complexity index is 2530. The first-order valence-electron chi connectivity index (χ1n) is 14.3. The number of hydrogen-bond donors (Lipinski definition) is 0. The first-order valence-corrected chi connectivity index (χ1v) is 14.7. The molecule has 0 fully saturated rings. The summed E-state index contributed by atoms with van der Waals surface area (Å²) in [7, 11) is 0. The van der Waals surface area contributed by atoms with E-state index in [1.54, 1.807) is 0 Å². The normalized spacial score (nSPS) is 12.0. The Labute approximate surface area is 251 Å². The molecule has 9 rings (SSSR count). The molecule has 0 atom stereocenters. The lowest BCUT2D eigenvalue weighted by Gasteiger charge is -2.12. The quantitative estimate of drug-likeness (QED) is 0.211. The van der Waals surface area contributed by atoms with Crippen molar-refractivity contribution in [2.24, 2.45) is 0 Å². The van der Waals surface area contributed by atoms with Crippen LogP contribution in [0.15, 0.2) is 132 Å². The highest BCUT2D eigenvalue weighted by Gasteiger charge is 2.19. The van der Waals surface area contributed by atoms with Crippen molar-refractivity contribution in [2.45, 2.75) is 6.92 Å². The number of rotatable bonds is 3. The topological polar surface area (TPSA) is 35.9 Å². The molecule has 0 saturated heterocycles. The number of halogens is 1. The predicted octanol–water partition coefficient (Wildman–Crippen LogP) is 10.7. The molecule has 0 bridgehead atoms. The van der Waals surface area contributed by atoms with Gasteiger partial charge in [0.05, 0.1) is 33.0 Å². The molecule has 0 aliphatic rings. The van der Waals surface area contributed by atoms with Gasteiger partial charge in [-0.05, 0) is 61.0 Å². The van der Waals surface area contributed by atoms with E-state index in [-0.39, 0.29) is 0 Å². The van der Waals surface area contributed by atoms with Gasteiger partial charge in [-0.15, -0.1) is 0 Å². The largest absolute Gasteiger partial charge is 0.456 e. The summed E-state index contributed by atoms with van der Waals surface area (Å²) in [6.45, 7) is 2.04. The third-order valence-electron chi connectivity index (χ3n) is 8.57. The van der Waals surface area contributed by atoms with Crippen LogP contribution in [0.2, 0.25) is 5.02 Å². The number of benzene rings is 6. The Hall–Kier alpha value is -5.32. The first-order chi connectivity index (χ1) is 21.2. The van der Waals surface area contributed by atoms with Crippen molar-refractivity contribution in [2.75, 3.05) is 0 Å². The van der Waals surface area contributed by atoms with Gasteiger partial charge in [0.1, 0.15) is 11.2 Å². The Morgan fingerprint density at radius 3 is 2.23 bits per heavy atom. The van der Waals surface area contributed by atoms with Crippen molar-refractivity contribution in [3.05, 3.63) is 138 Å². The molecule has 43 heavy (non-hydrogen) atoms. The van der Waals surface area contributed by atoms with Gasteiger partial charge >= 0.3 is 0 Å². The average molecular weight is 574 g/mol. The lowest BCUT2D eigenvalue weighted by atomic mass is 10.0. The van der Waals surface area contributed by atoms with Crippen molar-refractivity contribution < 1.29 is 4.42 Å². The summed E-state index contributed by atoms with van der Waals surface area (Å²) < 4.78 is 10.5. The molecular formula is C38H24ClN3O. The summed E-state index contributed by atoms with van der Waals surface area (Å²) in [5.41, 5.74) is 9.95. The third-order valence-corrected chi connectivity index (χ3v) is 8.96. The monoisotopic (exact) mass is 573 g/mol. The van der Waals surface area contributed by atoms with Crippen LogP contribution in [0.25, 0.3) is 77.1 Å². The van der Waals surface area contributed by atoms with E-state index in [0.29, 0.717) is 5.02 Å². The zero-order chi connectivity index (χ0) is 28.7. The van der Waals surface area contributed by atoms with E-state index in [2.05, 4.69) is 102 Å². The minimum atomic E-state index is 0.655. The summed E-state index contributed by atoms with van der Waals surface area (Å²) in [6, 6.07) is 44.3. The number of aryl methyl sites for hydroxylation is 1. The number of aromatic nitrogens is 3. The fourth-order valence-corrected chi connectivity index (χ4v) is 6.88. The summed E-state index contributed by atoms with van der Waals surface area (Å²) in [6.07, 6.45) is 0. The summed E-state index contributed by atoms with van der Waals surface area (Å²) >= 11 is 7.25. The van der Waals surface area contributed by atoms with E-state index >= 15 is 0 Å². The maximum Gasteiger partial charge on any atom is 0.137 e. The van der Waals surface area contributed by atoms with Crippen molar-refractivity contribution in [3.8, 4) is 22.5 Å². The highest BCUT2D eigenvalue weighted by molar-refractivity contribution is 6.35. The zero-order valence-electron chi connectivity index (χ0n) is 23.3. The van der Waals surface area contributed by atoms with Gasteiger partial charge in [-0.1, -0.05) is 84.4 Å². The molecule has 0 radical (unpaired) electrons. The fourth-order valence-electron chi connectivity index (χ4n) is 6.57. The molecule has 5 heteroatoms. The molecule has 3 aromatic heterocycles. The molecule has 6 aromatic carbocycles. The van der Waals surface area contributed by atoms with Crippen molar-refractivity contribution >= 4 is 66.2 Å². The summed E-state index contributed by atoms with van der Waals surface area (Å²) in [5, 5.41) is 11.3. The molecule has 0 aliphatic heterocycles. The second-order valence-corrected chi connectivity index (χ2v) is 11.4. The van der Waals surface area contributed by atoms with E-state index < -0.39 is 0 Å². The van der Waals surface area contributed by atoms with Gasteiger partial charge < -0.3 is 8.98 Å². The van der Waals surface area contributed by atoms with Gasteiger partial charge in [0.25, 0.3) is 0 Å². The van der Waals surface area contributed by atoms with E-state index in [4.69, 9.17) is 21.1 Å². The minimum Gasteiger partial charge on any atom is -0.456 e. The van der Waals surface area contributed by atoms with Crippen molar-refractivity contribution in [1.29, 1.82) is 0 Å². The Balaban J connectivity index is 1.23. The minimum absolute atomic E-state index is 0.655. The van der Waals surface area contributed by atoms with Crippen LogP contribution in [0.1, 0.15) is 5.69 Å². The van der Waals surface area contributed by atoms with E-state index in [9.17, 15) is 0 Å². The van der Waals surface area contributed by atoms with Crippen LogP contribution in [-0.4, -0.2) is 14.3 Å². The Morgan fingerprint density at radius 2 is 1.35 bits per heavy atom. The second kappa shape index (κ2) is 9.09. The maximum atomic E-state index is 7.25. The Morgan fingerprint density at radius 1 is 0.581 bits per heavy atom. The van der Waals surface area contributed by atoms with Crippen LogP contribution in [-0.2, 0) is 0 Å². The van der Waals surface area contributed by atoms with Gasteiger partial charge in [-0.3, -0.25) is 0 Å². The first kappa shape index (κ1) is 24.3. The number of para-hydroxylation sites is 3. The molecule has 204 valence electrons. The lowest BCUT2D eigenvalue weighted by molar-refractivity contribution is 0.669. The van der Waals surface area contributed by atoms with Crippen LogP contribution >= 0.6 is 11.6 Å². The van der Waals surface area contributed by atoms with E-state index in [1.165, 1.54) is 16.3 Å². The molecular weight excluding hydrogens is 550 g/mol. The number of furan rings is 1. The predicted molar refractivity (Wildman–Crippen MR) is 178 cm³/mol. The highest BCUT2D eigenvalue weighted by atomic mass is 35.5. The summed E-state index contributed by atoms with van der Waals surface area (Å²) in [4.78, 5) is 0. The van der Waals surface area contributed by atoms with Crippen LogP contribution in [0.4, 0.5) is 0 Å². The number of fused-ring (bicyclic) bond motifs is 7. The van der Waals surface area contributed by atoms with E-state index in [0.717, 1.165) is 66.6 Å². The Kier molecular flexibility index (Phi) is 5.13. The van der Waals surface area contributed by atoms with Gasteiger partial charge in [0.2, 0.25) is 0 Å². The van der Waals surface area contributed by atoms with Crippen molar-refractivity contribution in [3.63, 3.8) is 0 Å². The molecule has 9 aromatic rings. The molecule has 0 spiro atoms. The van der Waals surface area contributed by atoms with Gasteiger partial charge in [-0.25, -0.2) is 4.68 Å². The van der Waals surface area contributed by atoms with Crippen LogP contribution in [0, 0.1) is 6.92 Å². The second-order valence-electron chi connectivity index (χ2n) is 11.0. The molecule has 0 saturated carbocycles. The standard InChI is InChI=1S/C38H24ClN3O/c1-23-29-21-31-28-13-6-8-17-36(28)43-37(31)22-35(29)42(40-23)34-16-9-14-26(38(34)39)24-18-19-33-30(20-24)27-12-5-7-15-32(27)41(33)25-10-3-2-4-11-25/h2-22H,1H3. The maximum absolute atomic E-state index is 7.25. The van der Waals surface area contributed by atoms with Crippen LogP contribution < -0.4 is 0 Å². The zero-order valence-corrected chi connectivity index (χ0v) is 24.0. The average Bonchev–Trinajstić information content (AvgIpc) is 3.69. The van der Waals surface area contributed by atoms with Gasteiger partial charge in [0.15, 0.2) is 0 Å². The van der Waals surface area contributed by atoms with Crippen molar-refractivity contribution in [1.82, 2.24) is 14.3 Å². The number of nitrogens with zero attached hydrogens (tertiary/aromatic N) is 3. The van der Waals surface area contributed by atoms with Crippen LogP contribution in [0.5, 0.6) is 0 Å². The van der Waals surface area contributed by atoms with Crippen LogP contribution in [0.3, 0.4) is 0 Å². The highest BCUT2D eigenvalue weighted by Crippen LogP contribution is 2.40. The lowest BCUT2D eigenvalue weighted by Crippen LogP contribution is -1.98. The fraction of sp³-hybridized carbons (Fsp3) is 0.0263. The smallest absolute Gasteiger partial charge is 0.137 e. The third kappa shape index (κ3) is 3.54. The molecule has 0 N–H and O–H groups in total. The molecule has 3 heterocycles. The molecule has 0 aliphatic carbocycles. The SMILES string of the molecule is Cc1nn(-c2cccc(-c3ccc4c(c3)c3ccccc3n4-c3ccccc3)c2Cl)c2cc3oc4ccccc4c3cc12. The number of hydrogen-bond acceptors (Lipinski definition) is 2. The van der Waals surface area contributed by atoms with E-state index in [1.807, 2.05) is 41.9 Å². The van der Waals surface area contributed by atoms with Gasteiger partial charge in [-0.2, -0.15) is 5.10 Å². The molecule has 0 amide bonds. The summed E-state index contributed by atoms with van der Waals surface area (Å²) in [5.74, 6) is 0. The van der Waals surface area contributed by atoms with Gasteiger partial charge in [0, 0.05) is 44.2 Å².